The Bertz CT molecular complexity index is 677. The van der Waals surface area contributed by atoms with Crippen molar-refractivity contribution in [3.63, 3.8) is 0 Å². The lowest BCUT2D eigenvalue weighted by Gasteiger charge is -2.16. The van der Waals surface area contributed by atoms with Crippen molar-refractivity contribution in [3.05, 3.63) is 51.5 Å². The molecular formula is C17H19Cl2NO3. The zero-order valence-electron chi connectivity index (χ0n) is 13.3. The summed E-state index contributed by atoms with van der Waals surface area (Å²) in [5.41, 5.74) is 1.90. The van der Waals surface area contributed by atoms with Crippen LogP contribution >= 0.6 is 23.2 Å². The molecule has 1 N–H and O–H groups in total. The largest absolute Gasteiger partial charge is 0.493 e. The summed E-state index contributed by atoms with van der Waals surface area (Å²) in [6.07, 6.45) is 0. The average molecular weight is 356 g/mol. The fourth-order valence-electron chi connectivity index (χ4n) is 2.32. The number of rotatable bonds is 7. The van der Waals surface area contributed by atoms with Gasteiger partial charge in [0.1, 0.15) is 0 Å². The van der Waals surface area contributed by atoms with Crippen LogP contribution in [0.3, 0.4) is 0 Å². The van der Waals surface area contributed by atoms with E-state index >= 15 is 0 Å². The van der Waals surface area contributed by atoms with Crippen molar-refractivity contribution in [2.24, 2.45) is 0 Å². The van der Waals surface area contributed by atoms with E-state index < -0.39 is 0 Å². The van der Waals surface area contributed by atoms with Crippen molar-refractivity contribution in [3.8, 4) is 17.2 Å². The van der Waals surface area contributed by atoms with E-state index in [-0.39, 0.29) is 0 Å². The van der Waals surface area contributed by atoms with Gasteiger partial charge in [-0.15, -0.1) is 0 Å². The Hall–Kier alpha value is -1.62. The third kappa shape index (κ3) is 4.02. The van der Waals surface area contributed by atoms with E-state index in [0.717, 1.165) is 11.1 Å². The van der Waals surface area contributed by atoms with Gasteiger partial charge in [-0.1, -0.05) is 41.4 Å². The molecule has 0 unspecified atom stereocenters. The van der Waals surface area contributed by atoms with Crippen molar-refractivity contribution >= 4 is 23.2 Å². The summed E-state index contributed by atoms with van der Waals surface area (Å²) >= 11 is 12.2. The second kappa shape index (κ2) is 8.29. The summed E-state index contributed by atoms with van der Waals surface area (Å²) in [5.74, 6) is 1.86. The Balaban J connectivity index is 2.13. The van der Waals surface area contributed by atoms with Crippen LogP contribution in [-0.4, -0.2) is 21.3 Å². The molecule has 0 saturated heterocycles. The molecule has 0 radical (unpaired) electrons. The fourth-order valence-corrected chi connectivity index (χ4v) is 2.71. The van der Waals surface area contributed by atoms with Gasteiger partial charge in [-0.25, -0.2) is 0 Å². The summed E-state index contributed by atoms with van der Waals surface area (Å²) in [4.78, 5) is 0. The molecule has 0 heterocycles. The molecule has 0 aliphatic heterocycles. The van der Waals surface area contributed by atoms with Gasteiger partial charge in [0.05, 0.1) is 31.4 Å². The zero-order valence-corrected chi connectivity index (χ0v) is 14.8. The summed E-state index contributed by atoms with van der Waals surface area (Å²) in [6, 6.07) is 9.37. The van der Waals surface area contributed by atoms with E-state index in [9.17, 15) is 0 Å². The van der Waals surface area contributed by atoms with E-state index in [0.29, 0.717) is 40.4 Å². The molecule has 0 spiro atoms. The molecule has 0 amide bonds. The third-order valence-corrected chi connectivity index (χ3v) is 4.31. The van der Waals surface area contributed by atoms with Crippen molar-refractivity contribution < 1.29 is 14.2 Å². The molecule has 0 aliphatic carbocycles. The lowest BCUT2D eigenvalue weighted by atomic mass is 10.1. The first-order valence-electron chi connectivity index (χ1n) is 7.03. The normalized spacial score (nSPS) is 10.5. The van der Waals surface area contributed by atoms with Crippen LogP contribution in [0.1, 0.15) is 11.1 Å². The molecule has 23 heavy (non-hydrogen) atoms. The quantitative estimate of drug-likeness (QED) is 0.803. The van der Waals surface area contributed by atoms with Crippen LogP contribution in [-0.2, 0) is 13.1 Å². The van der Waals surface area contributed by atoms with Gasteiger partial charge in [-0.3, -0.25) is 0 Å². The molecule has 2 rings (SSSR count). The fraction of sp³-hybridized carbons (Fsp3) is 0.294. The van der Waals surface area contributed by atoms with Crippen molar-refractivity contribution in [1.82, 2.24) is 5.32 Å². The number of halogens is 2. The predicted octanol–water partition coefficient (Wildman–Crippen LogP) is 4.31. The highest BCUT2D eigenvalue weighted by molar-refractivity contribution is 6.42. The first-order valence-corrected chi connectivity index (χ1v) is 7.79. The van der Waals surface area contributed by atoms with Crippen LogP contribution in [0.25, 0.3) is 0 Å². The van der Waals surface area contributed by atoms with E-state index in [1.165, 1.54) is 0 Å². The lowest BCUT2D eigenvalue weighted by Crippen LogP contribution is -2.14. The van der Waals surface area contributed by atoms with Crippen LogP contribution in [0.15, 0.2) is 30.3 Å². The molecule has 0 atom stereocenters. The minimum absolute atomic E-state index is 0.551. The molecule has 0 saturated carbocycles. The molecule has 2 aromatic carbocycles. The number of hydrogen-bond acceptors (Lipinski definition) is 4. The van der Waals surface area contributed by atoms with Gasteiger partial charge >= 0.3 is 0 Å². The van der Waals surface area contributed by atoms with Gasteiger partial charge in [0.2, 0.25) is 5.75 Å². The number of hydrogen-bond donors (Lipinski definition) is 1. The van der Waals surface area contributed by atoms with E-state index in [1.54, 1.807) is 27.4 Å². The number of benzene rings is 2. The second-order valence-electron chi connectivity index (χ2n) is 4.81. The SMILES string of the molecule is COc1ccc(CNCc2cccc(Cl)c2Cl)c(OC)c1OC. The Kier molecular flexibility index (Phi) is 6.39. The highest BCUT2D eigenvalue weighted by Gasteiger charge is 2.15. The summed E-state index contributed by atoms with van der Waals surface area (Å²) in [7, 11) is 4.79. The number of methoxy groups -OCH3 is 3. The first-order chi connectivity index (χ1) is 11.1. The number of nitrogens with one attached hydrogen (secondary N) is 1. The maximum atomic E-state index is 6.19. The minimum Gasteiger partial charge on any atom is -0.493 e. The minimum atomic E-state index is 0.551. The maximum Gasteiger partial charge on any atom is 0.203 e. The van der Waals surface area contributed by atoms with E-state index in [1.807, 2.05) is 24.3 Å². The molecule has 2 aromatic rings. The van der Waals surface area contributed by atoms with Crippen molar-refractivity contribution in [2.45, 2.75) is 13.1 Å². The van der Waals surface area contributed by atoms with Gasteiger partial charge in [0, 0.05) is 18.7 Å². The standard InChI is InChI=1S/C17H19Cl2NO3/c1-21-14-8-7-12(16(22-2)17(14)23-3)10-20-9-11-5-4-6-13(18)15(11)19/h4-8,20H,9-10H2,1-3H3. The highest BCUT2D eigenvalue weighted by atomic mass is 35.5. The van der Waals surface area contributed by atoms with Gasteiger partial charge in [-0.2, -0.15) is 0 Å². The van der Waals surface area contributed by atoms with Gasteiger partial charge in [0.15, 0.2) is 11.5 Å². The molecular weight excluding hydrogens is 337 g/mol. The van der Waals surface area contributed by atoms with Crippen LogP contribution in [0, 0.1) is 0 Å². The van der Waals surface area contributed by atoms with Crippen molar-refractivity contribution in [1.29, 1.82) is 0 Å². The summed E-state index contributed by atoms with van der Waals surface area (Å²) in [6.45, 7) is 1.18. The smallest absolute Gasteiger partial charge is 0.203 e. The lowest BCUT2D eigenvalue weighted by molar-refractivity contribution is 0.321. The molecule has 0 fully saturated rings. The molecule has 6 heteroatoms. The maximum absolute atomic E-state index is 6.19. The van der Waals surface area contributed by atoms with E-state index in [2.05, 4.69) is 5.32 Å². The Morgan fingerprint density at radius 3 is 2.17 bits per heavy atom. The van der Waals surface area contributed by atoms with Gasteiger partial charge in [-0.05, 0) is 17.7 Å². The Labute approximate surface area is 146 Å². The monoisotopic (exact) mass is 355 g/mol. The predicted molar refractivity (Wildman–Crippen MR) is 93.1 cm³/mol. The Morgan fingerprint density at radius 2 is 1.52 bits per heavy atom. The summed E-state index contributed by atoms with van der Waals surface area (Å²) in [5, 5.41) is 4.45. The van der Waals surface area contributed by atoms with Crippen LogP contribution in [0.5, 0.6) is 17.2 Å². The summed E-state index contributed by atoms with van der Waals surface area (Å²) < 4.78 is 16.1. The average Bonchev–Trinajstić information content (AvgIpc) is 2.57. The molecule has 0 bridgehead atoms. The molecule has 4 nitrogen and oxygen atoms in total. The highest BCUT2D eigenvalue weighted by Crippen LogP contribution is 2.39. The third-order valence-electron chi connectivity index (χ3n) is 3.45. The zero-order chi connectivity index (χ0) is 16.8. The first kappa shape index (κ1) is 17.7. The van der Waals surface area contributed by atoms with Crippen molar-refractivity contribution in [2.75, 3.05) is 21.3 Å². The van der Waals surface area contributed by atoms with Gasteiger partial charge in [0.25, 0.3) is 0 Å². The Morgan fingerprint density at radius 1 is 0.826 bits per heavy atom. The molecule has 0 aliphatic rings. The van der Waals surface area contributed by atoms with Gasteiger partial charge < -0.3 is 19.5 Å². The van der Waals surface area contributed by atoms with Crippen LogP contribution in [0.2, 0.25) is 10.0 Å². The van der Waals surface area contributed by atoms with Crippen LogP contribution in [0.4, 0.5) is 0 Å². The topological polar surface area (TPSA) is 39.7 Å². The second-order valence-corrected chi connectivity index (χ2v) is 5.60. The molecule has 124 valence electrons. The van der Waals surface area contributed by atoms with Crippen LogP contribution < -0.4 is 19.5 Å². The number of ether oxygens (including phenoxy) is 3. The molecule has 0 aromatic heterocycles. The van der Waals surface area contributed by atoms with E-state index in [4.69, 9.17) is 37.4 Å².